The zero-order chi connectivity index (χ0) is 15.5. The SMILES string of the molecule is CCC(C)(CNC1CC1)CN1CCSCC1S(=O)(=O)CC. The number of rotatable bonds is 8. The molecular weight excluding hydrogens is 304 g/mol. The minimum atomic E-state index is -2.99. The fourth-order valence-corrected chi connectivity index (χ4v) is 5.86. The Morgan fingerprint density at radius 3 is 2.62 bits per heavy atom. The summed E-state index contributed by atoms with van der Waals surface area (Å²) in [5, 5.41) is 3.34. The van der Waals surface area contributed by atoms with Gasteiger partial charge in [-0.15, -0.1) is 0 Å². The van der Waals surface area contributed by atoms with Crippen molar-refractivity contribution in [1.29, 1.82) is 0 Å². The largest absolute Gasteiger partial charge is 0.313 e. The van der Waals surface area contributed by atoms with E-state index in [9.17, 15) is 8.42 Å². The fraction of sp³-hybridized carbons (Fsp3) is 1.00. The average Bonchev–Trinajstić information content (AvgIpc) is 3.30. The van der Waals surface area contributed by atoms with Crippen molar-refractivity contribution in [2.45, 2.75) is 51.4 Å². The molecule has 0 radical (unpaired) electrons. The van der Waals surface area contributed by atoms with E-state index < -0.39 is 9.84 Å². The lowest BCUT2D eigenvalue weighted by Gasteiger charge is -2.41. The number of nitrogens with zero attached hydrogens (tertiary/aromatic N) is 1. The predicted octanol–water partition coefficient (Wildman–Crippen LogP) is 1.96. The molecule has 21 heavy (non-hydrogen) atoms. The number of sulfone groups is 1. The van der Waals surface area contributed by atoms with Crippen molar-refractivity contribution in [2.24, 2.45) is 5.41 Å². The van der Waals surface area contributed by atoms with E-state index in [1.165, 1.54) is 12.8 Å². The van der Waals surface area contributed by atoms with Crippen LogP contribution in [0.4, 0.5) is 0 Å². The van der Waals surface area contributed by atoms with Crippen molar-refractivity contribution in [2.75, 3.05) is 36.9 Å². The minimum Gasteiger partial charge on any atom is -0.313 e. The molecule has 0 aromatic rings. The van der Waals surface area contributed by atoms with E-state index in [0.29, 0.717) is 6.04 Å². The van der Waals surface area contributed by atoms with Crippen molar-refractivity contribution in [3.05, 3.63) is 0 Å². The second-order valence-corrected chi connectivity index (χ2v) is 10.4. The van der Waals surface area contributed by atoms with Gasteiger partial charge in [-0.1, -0.05) is 20.8 Å². The molecule has 0 bridgehead atoms. The maximum Gasteiger partial charge on any atom is 0.166 e. The molecule has 0 aromatic carbocycles. The molecule has 2 atom stereocenters. The molecule has 1 N–H and O–H groups in total. The lowest BCUT2D eigenvalue weighted by atomic mass is 9.86. The Morgan fingerprint density at radius 2 is 2.05 bits per heavy atom. The van der Waals surface area contributed by atoms with Crippen LogP contribution in [-0.4, -0.2) is 61.6 Å². The van der Waals surface area contributed by atoms with E-state index in [4.69, 9.17) is 0 Å². The van der Waals surface area contributed by atoms with Gasteiger partial charge in [0.25, 0.3) is 0 Å². The first-order valence-electron chi connectivity index (χ1n) is 8.17. The monoisotopic (exact) mass is 334 g/mol. The van der Waals surface area contributed by atoms with Crippen LogP contribution in [0.2, 0.25) is 0 Å². The van der Waals surface area contributed by atoms with Crippen molar-refractivity contribution >= 4 is 21.6 Å². The van der Waals surface area contributed by atoms with Gasteiger partial charge >= 0.3 is 0 Å². The lowest BCUT2D eigenvalue weighted by molar-refractivity contribution is 0.151. The Bertz CT molecular complexity index is 437. The quantitative estimate of drug-likeness (QED) is 0.735. The molecule has 1 aliphatic heterocycles. The Kier molecular flexibility index (Phi) is 6.02. The first-order valence-corrected chi connectivity index (χ1v) is 11.0. The maximum absolute atomic E-state index is 12.3. The summed E-state index contributed by atoms with van der Waals surface area (Å²) in [4.78, 5) is 2.23. The summed E-state index contributed by atoms with van der Waals surface area (Å²) in [5.41, 5.74) is 0.159. The molecule has 4 nitrogen and oxygen atoms in total. The summed E-state index contributed by atoms with van der Waals surface area (Å²) in [6.45, 7) is 9.05. The molecule has 124 valence electrons. The molecule has 2 unspecified atom stereocenters. The van der Waals surface area contributed by atoms with Gasteiger partial charge in [0.1, 0.15) is 5.37 Å². The van der Waals surface area contributed by atoms with Crippen LogP contribution in [0, 0.1) is 5.41 Å². The summed E-state index contributed by atoms with van der Waals surface area (Å²) in [6.07, 6.45) is 3.68. The zero-order valence-corrected chi connectivity index (χ0v) is 15.2. The van der Waals surface area contributed by atoms with E-state index in [-0.39, 0.29) is 16.5 Å². The molecule has 1 aliphatic carbocycles. The summed E-state index contributed by atoms with van der Waals surface area (Å²) in [6, 6.07) is 0.711. The minimum absolute atomic E-state index is 0.159. The second kappa shape index (κ2) is 7.20. The highest BCUT2D eigenvalue weighted by Gasteiger charge is 2.37. The van der Waals surface area contributed by atoms with Gasteiger partial charge < -0.3 is 5.32 Å². The maximum atomic E-state index is 12.3. The lowest BCUT2D eigenvalue weighted by Crippen LogP contribution is -2.53. The van der Waals surface area contributed by atoms with Gasteiger partial charge in [0.15, 0.2) is 9.84 Å². The van der Waals surface area contributed by atoms with Gasteiger partial charge in [-0.2, -0.15) is 11.8 Å². The Labute approximate surface area is 134 Å². The van der Waals surface area contributed by atoms with E-state index in [1.54, 1.807) is 18.7 Å². The average molecular weight is 335 g/mol. The summed E-state index contributed by atoms with van der Waals surface area (Å²) < 4.78 is 24.7. The van der Waals surface area contributed by atoms with E-state index in [0.717, 1.165) is 37.6 Å². The van der Waals surface area contributed by atoms with Crippen LogP contribution in [0.1, 0.15) is 40.0 Å². The third kappa shape index (κ3) is 4.85. The second-order valence-electron chi connectivity index (χ2n) is 6.77. The molecular formula is C15H30N2O2S2. The third-order valence-electron chi connectivity index (χ3n) is 4.84. The molecule has 2 rings (SSSR count). The van der Waals surface area contributed by atoms with Crippen molar-refractivity contribution in [1.82, 2.24) is 10.2 Å². The highest BCUT2D eigenvalue weighted by molar-refractivity contribution is 8.01. The molecule has 1 heterocycles. The highest BCUT2D eigenvalue weighted by atomic mass is 32.2. The van der Waals surface area contributed by atoms with Gasteiger partial charge in [0, 0.05) is 42.9 Å². The molecule has 6 heteroatoms. The van der Waals surface area contributed by atoms with E-state index in [1.807, 2.05) is 0 Å². The number of hydrogen-bond donors (Lipinski definition) is 1. The standard InChI is InChI=1S/C15H30N2O2S2/c1-4-15(3,11-16-13-6-7-13)12-17-8-9-20-10-14(17)21(18,19)5-2/h13-14,16H,4-12H2,1-3H3. The molecule has 0 aromatic heterocycles. The molecule has 1 saturated carbocycles. The van der Waals surface area contributed by atoms with Crippen LogP contribution < -0.4 is 5.32 Å². The predicted molar refractivity (Wildman–Crippen MR) is 91.6 cm³/mol. The summed E-state index contributed by atoms with van der Waals surface area (Å²) in [7, 11) is -2.99. The fourth-order valence-electron chi connectivity index (χ4n) is 2.78. The van der Waals surface area contributed by atoms with Crippen LogP contribution >= 0.6 is 11.8 Å². The van der Waals surface area contributed by atoms with Crippen molar-refractivity contribution in [3.8, 4) is 0 Å². The van der Waals surface area contributed by atoms with Gasteiger partial charge in [0.05, 0.1) is 0 Å². The van der Waals surface area contributed by atoms with Gasteiger partial charge in [-0.05, 0) is 24.7 Å². The smallest absolute Gasteiger partial charge is 0.166 e. The summed E-state index contributed by atoms with van der Waals surface area (Å²) in [5.74, 6) is 2.02. The Morgan fingerprint density at radius 1 is 1.33 bits per heavy atom. The van der Waals surface area contributed by atoms with Gasteiger partial charge in [-0.25, -0.2) is 8.42 Å². The topological polar surface area (TPSA) is 49.4 Å². The first-order chi connectivity index (χ1) is 9.90. The van der Waals surface area contributed by atoms with Crippen LogP contribution in [0.15, 0.2) is 0 Å². The normalized spacial score (nSPS) is 27.5. The van der Waals surface area contributed by atoms with Gasteiger partial charge in [-0.3, -0.25) is 4.90 Å². The van der Waals surface area contributed by atoms with Gasteiger partial charge in [0.2, 0.25) is 0 Å². The zero-order valence-electron chi connectivity index (χ0n) is 13.6. The third-order valence-corrected chi connectivity index (χ3v) is 8.17. The number of hydrogen-bond acceptors (Lipinski definition) is 5. The molecule has 2 fully saturated rings. The molecule has 0 amide bonds. The van der Waals surface area contributed by atoms with Crippen molar-refractivity contribution in [3.63, 3.8) is 0 Å². The van der Waals surface area contributed by atoms with Crippen LogP contribution in [-0.2, 0) is 9.84 Å². The highest BCUT2D eigenvalue weighted by Crippen LogP contribution is 2.29. The van der Waals surface area contributed by atoms with Crippen LogP contribution in [0.25, 0.3) is 0 Å². The van der Waals surface area contributed by atoms with Crippen LogP contribution in [0.5, 0.6) is 0 Å². The van der Waals surface area contributed by atoms with E-state index in [2.05, 4.69) is 24.1 Å². The molecule has 2 aliphatic rings. The number of thioether (sulfide) groups is 1. The Balaban J connectivity index is 2.01. The van der Waals surface area contributed by atoms with E-state index >= 15 is 0 Å². The number of nitrogens with one attached hydrogen (secondary N) is 1. The molecule has 1 saturated heterocycles. The van der Waals surface area contributed by atoms with Crippen LogP contribution in [0.3, 0.4) is 0 Å². The molecule has 0 spiro atoms. The first kappa shape index (κ1) is 17.6. The van der Waals surface area contributed by atoms with Crippen molar-refractivity contribution < 1.29 is 8.42 Å². The Hall–Kier alpha value is 0.220. The summed E-state index contributed by atoms with van der Waals surface area (Å²) >= 11 is 1.77.